The third-order valence-electron chi connectivity index (χ3n) is 2.13. The van der Waals surface area contributed by atoms with Crippen LogP contribution in [0.4, 0.5) is 0 Å². The molecule has 0 unspecified atom stereocenters. The molecule has 0 heterocycles. The lowest BCUT2D eigenvalue weighted by atomic mass is 10.2. The molecule has 0 bridgehead atoms. The van der Waals surface area contributed by atoms with Gasteiger partial charge in [-0.05, 0) is 31.9 Å². The average molecular weight is 280 g/mol. The van der Waals surface area contributed by atoms with Crippen molar-refractivity contribution in [2.45, 2.75) is 33.8 Å². The van der Waals surface area contributed by atoms with Crippen LogP contribution in [-0.2, 0) is 14.3 Å². The zero-order valence-corrected chi connectivity index (χ0v) is 12.2. The summed E-state index contributed by atoms with van der Waals surface area (Å²) in [5, 5.41) is 0. The van der Waals surface area contributed by atoms with Gasteiger partial charge < -0.3 is 14.2 Å². The van der Waals surface area contributed by atoms with Crippen LogP contribution >= 0.6 is 0 Å². The second-order valence-electron chi connectivity index (χ2n) is 5.00. The molecule has 0 saturated heterocycles. The number of carbonyl (C=O) groups excluding carboxylic acids is 2. The Morgan fingerprint density at radius 1 is 1.00 bits per heavy atom. The van der Waals surface area contributed by atoms with Crippen molar-refractivity contribution in [3.63, 3.8) is 0 Å². The van der Waals surface area contributed by atoms with E-state index >= 15 is 0 Å². The predicted molar refractivity (Wildman–Crippen MR) is 73.6 cm³/mol. The molecule has 5 nitrogen and oxygen atoms in total. The lowest BCUT2D eigenvalue weighted by molar-refractivity contribution is -0.162. The van der Waals surface area contributed by atoms with Gasteiger partial charge in [-0.15, -0.1) is 0 Å². The summed E-state index contributed by atoms with van der Waals surface area (Å²) in [4.78, 5) is 23.1. The van der Waals surface area contributed by atoms with Gasteiger partial charge in [0.05, 0.1) is 12.7 Å². The minimum Gasteiger partial charge on any atom is -0.487 e. The zero-order chi connectivity index (χ0) is 15.1. The normalized spacial score (nSPS) is 10.5. The highest BCUT2D eigenvalue weighted by Gasteiger charge is 2.20. The lowest BCUT2D eigenvalue weighted by Gasteiger charge is -2.13. The van der Waals surface area contributed by atoms with Gasteiger partial charge in [-0.25, -0.2) is 9.59 Å². The Balaban J connectivity index is 2.68. The van der Waals surface area contributed by atoms with Gasteiger partial charge in [0.2, 0.25) is 0 Å². The molecule has 0 saturated carbocycles. The number of ether oxygens (including phenoxy) is 3. The van der Waals surface area contributed by atoms with Crippen LogP contribution in [0.2, 0.25) is 0 Å². The number of hydrogen-bond donors (Lipinski definition) is 0. The van der Waals surface area contributed by atoms with Crippen LogP contribution in [0, 0.1) is 5.92 Å². The smallest absolute Gasteiger partial charge is 0.422 e. The van der Waals surface area contributed by atoms with E-state index in [1.807, 2.05) is 27.7 Å². The monoisotopic (exact) mass is 280 g/mol. The van der Waals surface area contributed by atoms with Crippen molar-refractivity contribution >= 4 is 11.9 Å². The minimum atomic E-state index is -1.05. The molecule has 0 aliphatic rings. The molecule has 0 aliphatic heterocycles. The molecule has 0 spiro atoms. The summed E-state index contributed by atoms with van der Waals surface area (Å²) >= 11 is 0. The van der Waals surface area contributed by atoms with Gasteiger partial charge in [-0.1, -0.05) is 26.0 Å². The van der Waals surface area contributed by atoms with E-state index in [1.165, 1.54) is 0 Å². The highest BCUT2D eigenvalue weighted by Crippen LogP contribution is 2.27. The van der Waals surface area contributed by atoms with E-state index in [9.17, 15) is 9.59 Å². The van der Waals surface area contributed by atoms with Crippen LogP contribution in [0.1, 0.15) is 27.7 Å². The Morgan fingerprint density at radius 3 is 2.15 bits per heavy atom. The second-order valence-corrected chi connectivity index (χ2v) is 5.00. The molecule has 1 aromatic carbocycles. The number of esters is 2. The molecule has 0 atom stereocenters. The number of hydrogen-bond acceptors (Lipinski definition) is 5. The molecule has 0 amide bonds. The molecule has 0 fully saturated rings. The first-order valence-electron chi connectivity index (χ1n) is 6.54. The van der Waals surface area contributed by atoms with Gasteiger partial charge >= 0.3 is 11.9 Å². The summed E-state index contributed by atoms with van der Waals surface area (Å²) in [6, 6.07) is 6.68. The van der Waals surface area contributed by atoms with E-state index in [1.54, 1.807) is 24.3 Å². The molecule has 1 rings (SSSR count). The van der Waals surface area contributed by atoms with Crippen molar-refractivity contribution in [1.29, 1.82) is 0 Å². The summed E-state index contributed by atoms with van der Waals surface area (Å²) in [7, 11) is 0. The summed E-state index contributed by atoms with van der Waals surface area (Å²) in [5.74, 6) is -1.29. The average Bonchev–Trinajstić information content (AvgIpc) is 2.37. The van der Waals surface area contributed by atoms with Crippen LogP contribution in [0.5, 0.6) is 11.5 Å². The first kappa shape index (κ1) is 16.0. The van der Waals surface area contributed by atoms with Crippen molar-refractivity contribution in [3.05, 3.63) is 24.3 Å². The Labute approximate surface area is 118 Å². The highest BCUT2D eigenvalue weighted by atomic mass is 16.6. The number of rotatable bonds is 5. The molecule has 0 radical (unpaired) electrons. The molecular formula is C15H20O5. The van der Waals surface area contributed by atoms with Crippen LogP contribution in [0.3, 0.4) is 0 Å². The van der Waals surface area contributed by atoms with Gasteiger partial charge in [0.15, 0.2) is 11.5 Å². The van der Waals surface area contributed by atoms with Gasteiger partial charge in [-0.2, -0.15) is 0 Å². The largest absolute Gasteiger partial charge is 0.487 e. The van der Waals surface area contributed by atoms with E-state index in [2.05, 4.69) is 0 Å². The predicted octanol–water partition coefficient (Wildman–Crippen LogP) is 2.58. The first-order chi connectivity index (χ1) is 9.40. The lowest BCUT2D eigenvalue weighted by Crippen LogP contribution is -2.24. The molecule has 1 aromatic rings. The van der Waals surface area contributed by atoms with Gasteiger partial charge in [0.1, 0.15) is 0 Å². The van der Waals surface area contributed by atoms with Gasteiger partial charge in [0, 0.05) is 0 Å². The van der Waals surface area contributed by atoms with E-state index in [4.69, 9.17) is 14.2 Å². The standard InChI is InChI=1S/C15H20O5/c1-10(2)9-18-14(16)15(17)20-13-8-6-5-7-12(13)19-11(3)4/h5-8,10-11H,9H2,1-4H3. The Kier molecular flexibility index (Phi) is 6.03. The van der Waals surface area contributed by atoms with E-state index in [0.29, 0.717) is 5.75 Å². The molecular weight excluding hydrogens is 260 g/mol. The maximum absolute atomic E-state index is 11.6. The highest BCUT2D eigenvalue weighted by molar-refractivity contribution is 6.30. The quantitative estimate of drug-likeness (QED) is 0.471. The van der Waals surface area contributed by atoms with Gasteiger partial charge in [-0.3, -0.25) is 0 Å². The number of benzene rings is 1. The molecule has 110 valence electrons. The summed E-state index contributed by atoms with van der Waals surface area (Å²) in [6.45, 7) is 7.65. The third-order valence-corrected chi connectivity index (χ3v) is 2.13. The van der Waals surface area contributed by atoms with Crippen molar-refractivity contribution < 1.29 is 23.8 Å². The Bertz CT molecular complexity index is 465. The van der Waals surface area contributed by atoms with E-state index in [-0.39, 0.29) is 24.4 Å². The van der Waals surface area contributed by atoms with Crippen molar-refractivity contribution in [3.8, 4) is 11.5 Å². The Hall–Kier alpha value is -2.04. The van der Waals surface area contributed by atoms with Crippen molar-refractivity contribution in [2.24, 2.45) is 5.92 Å². The molecule has 0 N–H and O–H groups in total. The topological polar surface area (TPSA) is 61.8 Å². The molecule has 0 aromatic heterocycles. The van der Waals surface area contributed by atoms with Crippen LogP contribution < -0.4 is 9.47 Å². The SMILES string of the molecule is CC(C)COC(=O)C(=O)Oc1ccccc1OC(C)C. The zero-order valence-electron chi connectivity index (χ0n) is 12.2. The summed E-state index contributed by atoms with van der Waals surface area (Å²) < 4.78 is 15.3. The number of carbonyl (C=O) groups is 2. The van der Waals surface area contributed by atoms with Crippen molar-refractivity contribution in [1.82, 2.24) is 0 Å². The fourth-order valence-corrected chi connectivity index (χ4v) is 1.33. The molecule has 5 heteroatoms. The van der Waals surface area contributed by atoms with E-state index in [0.717, 1.165) is 0 Å². The molecule has 0 aliphatic carbocycles. The van der Waals surface area contributed by atoms with Crippen LogP contribution in [-0.4, -0.2) is 24.6 Å². The fourth-order valence-electron chi connectivity index (χ4n) is 1.33. The molecule has 20 heavy (non-hydrogen) atoms. The minimum absolute atomic E-state index is 0.0669. The first-order valence-corrected chi connectivity index (χ1v) is 6.54. The third kappa shape index (κ3) is 5.30. The maximum atomic E-state index is 11.6. The maximum Gasteiger partial charge on any atom is 0.422 e. The van der Waals surface area contributed by atoms with E-state index < -0.39 is 11.9 Å². The van der Waals surface area contributed by atoms with Crippen LogP contribution in [0.15, 0.2) is 24.3 Å². The van der Waals surface area contributed by atoms with Crippen molar-refractivity contribution in [2.75, 3.05) is 6.61 Å². The summed E-state index contributed by atoms with van der Waals surface area (Å²) in [5.41, 5.74) is 0. The second kappa shape index (κ2) is 7.53. The van der Waals surface area contributed by atoms with Gasteiger partial charge in [0.25, 0.3) is 0 Å². The number of para-hydroxylation sites is 2. The van der Waals surface area contributed by atoms with Crippen LogP contribution in [0.25, 0.3) is 0 Å². The Morgan fingerprint density at radius 2 is 1.60 bits per heavy atom. The summed E-state index contributed by atoms with van der Waals surface area (Å²) in [6.07, 6.45) is -0.0669. The fraction of sp³-hybridized carbons (Fsp3) is 0.467.